The van der Waals surface area contributed by atoms with Crippen molar-refractivity contribution < 1.29 is 4.74 Å². The Morgan fingerprint density at radius 1 is 1.50 bits per heavy atom. The maximum absolute atomic E-state index is 5.37. The number of nitrogens with one attached hydrogen (secondary N) is 1. The smallest absolute Gasteiger partial charge is 0.132 e. The number of benzene rings is 1. The molecular weight excluding hydrogens is 218 g/mol. The first-order chi connectivity index (χ1) is 7.74. The molecule has 2 nitrogen and oxygen atoms in total. The van der Waals surface area contributed by atoms with Gasteiger partial charge in [0.2, 0.25) is 0 Å². The Hall–Kier alpha value is -0.670. The maximum Gasteiger partial charge on any atom is 0.132 e. The van der Waals surface area contributed by atoms with Gasteiger partial charge in [-0.2, -0.15) is 0 Å². The van der Waals surface area contributed by atoms with Crippen molar-refractivity contribution in [1.29, 1.82) is 0 Å². The fourth-order valence-corrected chi connectivity index (χ4v) is 2.39. The summed E-state index contributed by atoms with van der Waals surface area (Å²) in [6.45, 7) is 3.23. The summed E-state index contributed by atoms with van der Waals surface area (Å²) in [5.41, 5.74) is 1.30. The van der Waals surface area contributed by atoms with Gasteiger partial charge in [0, 0.05) is 17.5 Å². The predicted octanol–water partition coefficient (Wildman–Crippen LogP) is 2.92. The largest absolute Gasteiger partial charge is 0.496 e. The van der Waals surface area contributed by atoms with E-state index in [0.29, 0.717) is 0 Å². The van der Waals surface area contributed by atoms with Crippen molar-refractivity contribution in [3.8, 4) is 5.75 Å². The first-order valence-electron chi connectivity index (χ1n) is 5.69. The molecule has 0 amide bonds. The van der Waals surface area contributed by atoms with E-state index in [1.807, 2.05) is 0 Å². The second-order valence-electron chi connectivity index (χ2n) is 4.39. The Balaban J connectivity index is 1.98. The predicted molar refractivity (Wildman–Crippen MR) is 69.2 cm³/mol. The lowest BCUT2D eigenvalue weighted by atomic mass is 10.2. The zero-order valence-electron chi connectivity index (χ0n) is 10.1. The van der Waals surface area contributed by atoms with E-state index in [4.69, 9.17) is 4.74 Å². The van der Waals surface area contributed by atoms with Crippen LogP contribution in [0.5, 0.6) is 5.75 Å². The third-order valence-corrected chi connectivity index (χ3v) is 3.90. The molecule has 0 radical (unpaired) electrons. The minimum atomic E-state index is 0.728. The van der Waals surface area contributed by atoms with Gasteiger partial charge in [-0.3, -0.25) is 0 Å². The lowest BCUT2D eigenvalue weighted by Crippen LogP contribution is -2.16. The monoisotopic (exact) mass is 237 g/mol. The van der Waals surface area contributed by atoms with E-state index < -0.39 is 0 Å². The summed E-state index contributed by atoms with van der Waals surface area (Å²) in [6, 6.07) is 7.17. The SMILES string of the molecule is COc1cc(CNC2CC2C)ccc1SC. The highest BCUT2D eigenvalue weighted by atomic mass is 32.2. The van der Waals surface area contributed by atoms with Gasteiger partial charge < -0.3 is 10.1 Å². The molecule has 16 heavy (non-hydrogen) atoms. The van der Waals surface area contributed by atoms with Gasteiger partial charge in [-0.1, -0.05) is 13.0 Å². The van der Waals surface area contributed by atoms with Crippen LogP contribution >= 0.6 is 11.8 Å². The van der Waals surface area contributed by atoms with Crippen molar-refractivity contribution in [3.63, 3.8) is 0 Å². The number of hydrogen-bond acceptors (Lipinski definition) is 3. The van der Waals surface area contributed by atoms with Gasteiger partial charge in [0.05, 0.1) is 7.11 Å². The van der Waals surface area contributed by atoms with Crippen LogP contribution in [-0.4, -0.2) is 19.4 Å². The molecule has 0 saturated heterocycles. The minimum absolute atomic E-state index is 0.728. The van der Waals surface area contributed by atoms with Crippen LogP contribution in [0.2, 0.25) is 0 Å². The van der Waals surface area contributed by atoms with E-state index in [9.17, 15) is 0 Å². The topological polar surface area (TPSA) is 21.3 Å². The summed E-state index contributed by atoms with van der Waals surface area (Å²) < 4.78 is 5.37. The molecule has 88 valence electrons. The number of thioether (sulfide) groups is 1. The zero-order chi connectivity index (χ0) is 11.5. The fraction of sp³-hybridized carbons (Fsp3) is 0.538. The van der Waals surface area contributed by atoms with Crippen molar-refractivity contribution in [1.82, 2.24) is 5.32 Å². The highest BCUT2D eigenvalue weighted by Crippen LogP contribution is 2.31. The molecule has 3 heteroatoms. The molecule has 0 heterocycles. The van der Waals surface area contributed by atoms with Gasteiger partial charge in [0.15, 0.2) is 0 Å². The van der Waals surface area contributed by atoms with E-state index in [2.05, 4.69) is 36.7 Å². The van der Waals surface area contributed by atoms with Gasteiger partial charge in [-0.05, 0) is 36.3 Å². The van der Waals surface area contributed by atoms with Crippen LogP contribution in [0.4, 0.5) is 0 Å². The first-order valence-corrected chi connectivity index (χ1v) is 6.91. The van der Waals surface area contributed by atoms with Crippen molar-refractivity contribution >= 4 is 11.8 Å². The quantitative estimate of drug-likeness (QED) is 0.796. The molecule has 1 N–H and O–H groups in total. The van der Waals surface area contributed by atoms with Gasteiger partial charge in [-0.15, -0.1) is 11.8 Å². The first kappa shape index (κ1) is 11.8. The lowest BCUT2D eigenvalue weighted by Gasteiger charge is -2.09. The average molecular weight is 237 g/mol. The van der Waals surface area contributed by atoms with Crippen LogP contribution in [0.3, 0.4) is 0 Å². The maximum atomic E-state index is 5.37. The number of rotatable bonds is 5. The average Bonchev–Trinajstić information content (AvgIpc) is 3.02. The Kier molecular flexibility index (Phi) is 3.77. The Bertz CT molecular complexity index is 367. The third kappa shape index (κ3) is 2.71. The molecule has 1 aliphatic carbocycles. The van der Waals surface area contributed by atoms with E-state index in [-0.39, 0.29) is 0 Å². The Morgan fingerprint density at radius 3 is 2.81 bits per heavy atom. The van der Waals surface area contributed by atoms with Gasteiger partial charge in [0.1, 0.15) is 5.75 Å². The van der Waals surface area contributed by atoms with Crippen LogP contribution in [0.15, 0.2) is 23.1 Å². The van der Waals surface area contributed by atoms with Crippen LogP contribution in [0.1, 0.15) is 18.9 Å². The second kappa shape index (κ2) is 5.11. The van der Waals surface area contributed by atoms with Crippen molar-refractivity contribution in [2.45, 2.75) is 30.8 Å². The summed E-state index contributed by atoms with van der Waals surface area (Å²) in [7, 11) is 1.73. The molecule has 0 spiro atoms. The minimum Gasteiger partial charge on any atom is -0.496 e. The molecule has 2 atom stereocenters. The lowest BCUT2D eigenvalue weighted by molar-refractivity contribution is 0.404. The molecule has 0 bridgehead atoms. The van der Waals surface area contributed by atoms with E-state index in [1.54, 1.807) is 18.9 Å². The molecule has 0 aromatic heterocycles. The van der Waals surface area contributed by atoms with Gasteiger partial charge in [0.25, 0.3) is 0 Å². The summed E-state index contributed by atoms with van der Waals surface area (Å²) >= 11 is 1.72. The molecule has 1 aromatic rings. The summed E-state index contributed by atoms with van der Waals surface area (Å²) in [6.07, 6.45) is 3.39. The Morgan fingerprint density at radius 2 is 2.25 bits per heavy atom. The molecule has 1 aromatic carbocycles. The van der Waals surface area contributed by atoms with Crippen molar-refractivity contribution in [2.75, 3.05) is 13.4 Å². The van der Waals surface area contributed by atoms with Gasteiger partial charge >= 0.3 is 0 Å². The summed E-state index contributed by atoms with van der Waals surface area (Å²) in [4.78, 5) is 1.20. The molecule has 2 unspecified atom stereocenters. The second-order valence-corrected chi connectivity index (χ2v) is 5.24. The van der Waals surface area contributed by atoms with Crippen molar-refractivity contribution in [3.05, 3.63) is 23.8 Å². The number of hydrogen-bond donors (Lipinski definition) is 1. The molecule has 1 saturated carbocycles. The van der Waals surface area contributed by atoms with Crippen LogP contribution < -0.4 is 10.1 Å². The Labute approximate surface area is 102 Å². The van der Waals surface area contributed by atoms with Crippen molar-refractivity contribution in [2.24, 2.45) is 5.92 Å². The van der Waals surface area contributed by atoms with Crippen LogP contribution in [0, 0.1) is 5.92 Å². The highest BCUT2D eigenvalue weighted by molar-refractivity contribution is 7.98. The van der Waals surface area contributed by atoms with E-state index in [1.165, 1.54) is 16.9 Å². The van der Waals surface area contributed by atoms with Crippen LogP contribution in [-0.2, 0) is 6.54 Å². The summed E-state index contributed by atoms with van der Waals surface area (Å²) in [5.74, 6) is 1.84. The normalized spacial score (nSPS) is 23.2. The molecule has 1 fully saturated rings. The standard InChI is InChI=1S/C13H19NOS/c1-9-6-11(9)14-8-10-4-5-13(16-3)12(7-10)15-2/h4-5,7,9,11,14H,6,8H2,1-3H3. The zero-order valence-corrected chi connectivity index (χ0v) is 10.9. The number of ether oxygens (including phenoxy) is 1. The van der Waals surface area contributed by atoms with E-state index in [0.717, 1.165) is 24.3 Å². The highest BCUT2D eigenvalue weighted by Gasteiger charge is 2.31. The molecule has 2 rings (SSSR count). The fourth-order valence-electron chi connectivity index (χ4n) is 1.85. The summed E-state index contributed by atoms with van der Waals surface area (Å²) in [5, 5.41) is 3.55. The third-order valence-electron chi connectivity index (χ3n) is 3.13. The van der Waals surface area contributed by atoms with Crippen LogP contribution in [0.25, 0.3) is 0 Å². The molecular formula is C13H19NOS. The molecule has 0 aliphatic heterocycles. The van der Waals surface area contributed by atoms with E-state index >= 15 is 0 Å². The van der Waals surface area contributed by atoms with Gasteiger partial charge in [-0.25, -0.2) is 0 Å². The molecule has 1 aliphatic rings. The number of methoxy groups -OCH3 is 1.